The summed E-state index contributed by atoms with van der Waals surface area (Å²) in [5, 5.41) is 16.4. The number of Topliss-reactive ketones (excluding diaryl/α,β-unsaturated/α-hetero) is 1. The Bertz CT molecular complexity index is 217. The Morgan fingerprint density at radius 1 is 1.50 bits per heavy atom. The van der Waals surface area contributed by atoms with E-state index in [0.29, 0.717) is 0 Å². The predicted molar refractivity (Wildman–Crippen MR) is 34.6 cm³/mol. The van der Waals surface area contributed by atoms with Gasteiger partial charge in [-0.15, -0.1) is 0 Å². The molecule has 0 aliphatic rings. The van der Waals surface area contributed by atoms with Gasteiger partial charge in [0.2, 0.25) is 5.78 Å². The third-order valence-electron chi connectivity index (χ3n) is 1.24. The molecule has 0 N–H and O–H groups in total. The quantitative estimate of drug-likeness (QED) is 0.532. The number of hydrogen-bond acceptors (Lipinski definition) is 3. The monoisotopic (exact) mass is 136 g/mol. The van der Waals surface area contributed by atoms with Crippen LogP contribution in [0.25, 0.3) is 0 Å². The van der Waals surface area contributed by atoms with Crippen LogP contribution in [0.5, 0.6) is 0 Å². The van der Waals surface area contributed by atoms with Crippen molar-refractivity contribution in [2.45, 2.75) is 20.3 Å². The SMILES string of the molecule is CC(C)(CC#N)C(=O)C#N. The van der Waals surface area contributed by atoms with Gasteiger partial charge in [-0.25, -0.2) is 0 Å². The maximum absolute atomic E-state index is 10.7. The molecule has 0 aromatic carbocycles. The molecular formula is C7H8N2O. The van der Waals surface area contributed by atoms with E-state index in [2.05, 4.69) is 0 Å². The van der Waals surface area contributed by atoms with Gasteiger partial charge in [-0.2, -0.15) is 10.5 Å². The van der Waals surface area contributed by atoms with Crippen LogP contribution in [0.4, 0.5) is 0 Å². The van der Waals surface area contributed by atoms with Gasteiger partial charge in [0, 0.05) is 6.42 Å². The summed E-state index contributed by atoms with van der Waals surface area (Å²) in [6, 6.07) is 3.35. The molecule has 0 aliphatic carbocycles. The van der Waals surface area contributed by atoms with Gasteiger partial charge in [-0.1, -0.05) is 13.8 Å². The lowest BCUT2D eigenvalue weighted by Crippen LogP contribution is -2.21. The minimum absolute atomic E-state index is 0.0966. The van der Waals surface area contributed by atoms with Gasteiger partial charge in [-0.3, -0.25) is 4.79 Å². The first-order valence-corrected chi connectivity index (χ1v) is 2.86. The fraction of sp³-hybridized carbons (Fsp3) is 0.571. The van der Waals surface area contributed by atoms with Gasteiger partial charge >= 0.3 is 0 Å². The Labute approximate surface area is 59.9 Å². The molecule has 3 nitrogen and oxygen atoms in total. The molecular weight excluding hydrogens is 128 g/mol. The van der Waals surface area contributed by atoms with Crippen LogP contribution in [0.1, 0.15) is 20.3 Å². The van der Waals surface area contributed by atoms with Gasteiger partial charge in [0.15, 0.2) is 0 Å². The highest BCUT2D eigenvalue weighted by molar-refractivity contribution is 5.97. The molecule has 0 rings (SSSR count). The van der Waals surface area contributed by atoms with E-state index >= 15 is 0 Å². The van der Waals surface area contributed by atoms with Crippen LogP contribution < -0.4 is 0 Å². The Balaban J connectivity index is 4.31. The van der Waals surface area contributed by atoms with Gasteiger partial charge in [0.25, 0.3) is 0 Å². The number of carbonyl (C=O) groups excluding carboxylic acids is 1. The molecule has 0 amide bonds. The second-order valence-corrected chi connectivity index (χ2v) is 2.66. The molecule has 0 heterocycles. The maximum Gasteiger partial charge on any atom is 0.238 e. The third-order valence-corrected chi connectivity index (χ3v) is 1.24. The molecule has 0 spiro atoms. The van der Waals surface area contributed by atoms with Gasteiger partial charge in [-0.05, 0) is 0 Å². The van der Waals surface area contributed by atoms with Gasteiger partial charge < -0.3 is 0 Å². The second-order valence-electron chi connectivity index (χ2n) is 2.66. The summed E-state index contributed by atoms with van der Waals surface area (Å²) >= 11 is 0. The fourth-order valence-corrected chi connectivity index (χ4v) is 0.429. The third kappa shape index (κ3) is 1.87. The Kier molecular flexibility index (Phi) is 2.58. The highest BCUT2D eigenvalue weighted by atomic mass is 16.1. The zero-order valence-corrected chi connectivity index (χ0v) is 6.01. The molecule has 0 bridgehead atoms. The van der Waals surface area contributed by atoms with Crippen molar-refractivity contribution < 1.29 is 4.79 Å². The number of ketones is 1. The average molecular weight is 136 g/mol. The van der Waals surface area contributed by atoms with Crippen LogP contribution in [0.3, 0.4) is 0 Å². The largest absolute Gasteiger partial charge is 0.282 e. The summed E-state index contributed by atoms with van der Waals surface area (Å²) in [5.74, 6) is -0.533. The lowest BCUT2D eigenvalue weighted by atomic mass is 9.86. The number of carbonyl (C=O) groups is 1. The zero-order valence-electron chi connectivity index (χ0n) is 6.01. The fourth-order valence-electron chi connectivity index (χ4n) is 0.429. The first-order chi connectivity index (χ1) is 4.54. The van der Waals surface area contributed by atoms with E-state index in [1.165, 1.54) is 6.07 Å². The Morgan fingerprint density at radius 3 is 2.30 bits per heavy atom. The van der Waals surface area contributed by atoms with E-state index in [-0.39, 0.29) is 6.42 Å². The molecule has 0 aromatic rings. The average Bonchev–Trinajstić information content (AvgIpc) is 1.86. The van der Waals surface area contributed by atoms with Crippen LogP contribution in [-0.2, 0) is 4.79 Å². The molecule has 0 fully saturated rings. The van der Waals surface area contributed by atoms with Crippen molar-refractivity contribution in [3.05, 3.63) is 0 Å². The van der Waals surface area contributed by atoms with E-state index < -0.39 is 11.2 Å². The van der Waals surface area contributed by atoms with E-state index in [1.54, 1.807) is 13.8 Å². The van der Waals surface area contributed by atoms with Crippen molar-refractivity contribution in [1.82, 2.24) is 0 Å². The topological polar surface area (TPSA) is 64.7 Å². The summed E-state index contributed by atoms with van der Waals surface area (Å²) in [6.45, 7) is 3.17. The Morgan fingerprint density at radius 2 is 2.00 bits per heavy atom. The van der Waals surface area contributed by atoms with E-state index in [4.69, 9.17) is 10.5 Å². The van der Waals surface area contributed by atoms with Crippen LogP contribution in [0, 0.1) is 28.1 Å². The van der Waals surface area contributed by atoms with Crippen molar-refractivity contribution in [3.8, 4) is 12.1 Å². The normalized spacial score (nSPS) is 9.60. The van der Waals surface area contributed by atoms with Crippen molar-refractivity contribution in [2.75, 3.05) is 0 Å². The number of hydrogen-bond donors (Lipinski definition) is 0. The summed E-state index contributed by atoms with van der Waals surface area (Å²) in [7, 11) is 0. The van der Waals surface area contributed by atoms with Crippen molar-refractivity contribution in [3.63, 3.8) is 0 Å². The lowest BCUT2D eigenvalue weighted by molar-refractivity contribution is -0.121. The van der Waals surface area contributed by atoms with E-state index in [0.717, 1.165) is 0 Å². The van der Waals surface area contributed by atoms with Gasteiger partial charge in [0.1, 0.15) is 6.07 Å². The van der Waals surface area contributed by atoms with Crippen molar-refractivity contribution in [2.24, 2.45) is 5.41 Å². The molecule has 0 aromatic heterocycles. The molecule has 0 radical (unpaired) electrons. The predicted octanol–water partition coefficient (Wildman–Crippen LogP) is 1.02. The standard InChI is InChI=1S/C7H8N2O/c1-7(2,3-4-8)6(10)5-9/h3H2,1-2H3. The van der Waals surface area contributed by atoms with Gasteiger partial charge in [0.05, 0.1) is 11.5 Å². The highest BCUT2D eigenvalue weighted by Crippen LogP contribution is 2.19. The van der Waals surface area contributed by atoms with Crippen LogP contribution >= 0.6 is 0 Å². The van der Waals surface area contributed by atoms with Crippen LogP contribution in [-0.4, -0.2) is 5.78 Å². The molecule has 0 atom stereocenters. The molecule has 10 heavy (non-hydrogen) atoms. The molecule has 52 valence electrons. The lowest BCUT2D eigenvalue weighted by Gasteiger charge is -2.13. The first kappa shape index (κ1) is 8.65. The molecule has 0 aliphatic heterocycles. The highest BCUT2D eigenvalue weighted by Gasteiger charge is 2.26. The number of rotatable bonds is 2. The number of nitriles is 2. The molecule has 0 unspecified atom stereocenters. The zero-order chi connectivity index (χ0) is 8.20. The summed E-state index contributed by atoms with van der Waals surface area (Å²) in [4.78, 5) is 10.7. The number of nitrogens with zero attached hydrogens (tertiary/aromatic N) is 2. The minimum atomic E-state index is -0.802. The summed E-state index contributed by atoms with van der Waals surface area (Å²) in [5.41, 5.74) is -0.802. The first-order valence-electron chi connectivity index (χ1n) is 2.86. The molecule has 0 saturated heterocycles. The molecule has 3 heteroatoms. The summed E-state index contributed by atoms with van der Waals surface area (Å²) < 4.78 is 0. The minimum Gasteiger partial charge on any atom is -0.282 e. The Hall–Kier alpha value is -1.35. The maximum atomic E-state index is 10.7. The van der Waals surface area contributed by atoms with E-state index in [9.17, 15) is 4.79 Å². The summed E-state index contributed by atoms with van der Waals surface area (Å²) in [6.07, 6.45) is 0.0966. The second kappa shape index (κ2) is 2.98. The van der Waals surface area contributed by atoms with Crippen LogP contribution in [0.15, 0.2) is 0 Å². The molecule has 0 saturated carbocycles. The van der Waals surface area contributed by atoms with E-state index in [1.807, 2.05) is 6.07 Å². The van der Waals surface area contributed by atoms with Crippen LogP contribution in [0.2, 0.25) is 0 Å². The smallest absolute Gasteiger partial charge is 0.238 e. The van der Waals surface area contributed by atoms with Crippen molar-refractivity contribution >= 4 is 5.78 Å². The van der Waals surface area contributed by atoms with Crippen molar-refractivity contribution in [1.29, 1.82) is 10.5 Å².